The SMILES string of the molecule is CC(O)CN(C)NC(=O)c1ccccc1. The number of likely N-dealkylation sites (N-methyl/N-ethyl adjacent to an activating group) is 1. The van der Waals surface area contributed by atoms with E-state index in [1.54, 1.807) is 31.1 Å². The van der Waals surface area contributed by atoms with E-state index < -0.39 is 6.10 Å². The molecular formula is C11H16N2O2. The Morgan fingerprint density at radius 2 is 2.07 bits per heavy atom. The van der Waals surface area contributed by atoms with Crippen LogP contribution in [0.25, 0.3) is 0 Å². The van der Waals surface area contributed by atoms with Crippen molar-refractivity contribution in [3.63, 3.8) is 0 Å². The predicted molar refractivity (Wildman–Crippen MR) is 58.2 cm³/mol. The summed E-state index contributed by atoms with van der Waals surface area (Å²) in [4.78, 5) is 11.6. The molecule has 0 bridgehead atoms. The monoisotopic (exact) mass is 208 g/mol. The Morgan fingerprint density at radius 1 is 1.47 bits per heavy atom. The van der Waals surface area contributed by atoms with Crippen LogP contribution in [-0.2, 0) is 0 Å². The van der Waals surface area contributed by atoms with Crippen molar-refractivity contribution in [2.24, 2.45) is 0 Å². The number of aliphatic hydroxyl groups excluding tert-OH is 1. The Kier molecular flexibility index (Phi) is 4.27. The molecule has 1 atom stereocenters. The first-order chi connectivity index (χ1) is 7.09. The van der Waals surface area contributed by atoms with E-state index in [0.29, 0.717) is 12.1 Å². The highest BCUT2D eigenvalue weighted by molar-refractivity contribution is 5.93. The summed E-state index contributed by atoms with van der Waals surface area (Å²) in [5.41, 5.74) is 3.27. The van der Waals surface area contributed by atoms with Gasteiger partial charge >= 0.3 is 0 Å². The third kappa shape index (κ3) is 4.10. The number of rotatable bonds is 4. The number of hydrazine groups is 1. The predicted octanol–water partition coefficient (Wildman–Crippen LogP) is 0.644. The zero-order valence-corrected chi connectivity index (χ0v) is 8.97. The standard InChI is InChI=1S/C11H16N2O2/c1-9(14)8-13(2)12-11(15)10-6-4-3-5-7-10/h3-7,9,14H,8H2,1-2H3,(H,12,15). The Bertz CT molecular complexity index is 312. The summed E-state index contributed by atoms with van der Waals surface area (Å²) >= 11 is 0. The van der Waals surface area contributed by atoms with E-state index in [2.05, 4.69) is 5.43 Å². The minimum Gasteiger partial charge on any atom is -0.392 e. The highest BCUT2D eigenvalue weighted by Crippen LogP contribution is 1.98. The van der Waals surface area contributed by atoms with Gasteiger partial charge in [0.2, 0.25) is 0 Å². The van der Waals surface area contributed by atoms with Gasteiger partial charge in [-0.15, -0.1) is 0 Å². The van der Waals surface area contributed by atoms with E-state index in [-0.39, 0.29) is 5.91 Å². The van der Waals surface area contributed by atoms with E-state index in [1.807, 2.05) is 18.2 Å². The molecule has 1 aromatic carbocycles. The third-order valence-electron chi connectivity index (χ3n) is 1.87. The lowest BCUT2D eigenvalue weighted by Gasteiger charge is -2.19. The summed E-state index contributed by atoms with van der Waals surface area (Å²) in [6, 6.07) is 8.96. The molecule has 0 aliphatic rings. The molecule has 2 N–H and O–H groups in total. The number of carbonyl (C=O) groups is 1. The Balaban J connectivity index is 2.49. The second kappa shape index (κ2) is 5.48. The molecule has 0 saturated heterocycles. The topological polar surface area (TPSA) is 52.6 Å². The van der Waals surface area contributed by atoms with Crippen LogP contribution in [0.4, 0.5) is 0 Å². The molecule has 1 amide bonds. The third-order valence-corrected chi connectivity index (χ3v) is 1.87. The van der Waals surface area contributed by atoms with Gasteiger partial charge in [0.15, 0.2) is 0 Å². The van der Waals surface area contributed by atoms with E-state index >= 15 is 0 Å². The van der Waals surface area contributed by atoms with Crippen LogP contribution in [0.2, 0.25) is 0 Å². The first kappa shape index (κ1) is 11.7. The van der Waals surface area contributed by atoms with E-state index in [1.165, 1.54) is 0 Å². The van der Waals surface area contributed by atoms with Crippen molar-refractivity contribution in [1.29, 1.82) is 0 Å². The lowest BCUT2D eigenvalue weighted by Crippen LogP contribution is -2.42. The van der Waals surface area contributed by atoms with Gasteiger partial charge in [-0.25, -0.2) is 5.01 Å². The van der Waals surface area contributed by atoms with Crippen molar-refractivity contribution in [1.82, 2.24) is 10.4 Å². The number of hydrogen-bond donors (Lipinski definition) is 2. The van der Waals surface area contributed by atoms with E-state index in [9.17, 15) is 4.79 Å². The molecule has 0 spiro atoms. The lowest BCUT2D eigenvalue weighted by molar-refractivity contribution is 0.0729. The first-order valence-corrected chi connectivity index (χ1v) is 4.85. The summed E-state index contributed by atoms with van der Waals surface area (Å²) in [5, 5.41) is 10.7. The summed E-state index contributed by atoms with van der Waals surface area (Å²) < 4.78 is 0. The van der Waals surface area contributed by atoms with Crippen LogP contribution in [-0.4, -0.2) is 35.7 Å². The Hall–Kier alpha value is -1.39. The fourth-order valence-electron chi connectivity index (χ4n) is 1.27. The molecule has 4 nitrogen and oxygen atoms in total. The van der Waals surface area contributed by atoms with Gasteiger partial charge in [-0.2, -0.15) is 0 Å². The molecule has 1 unspecified atom stereocenters. The lowest BCUT2D eigenvalue weighted by atomic mass is 10.2. The van der Waals surface area contributed by atoms with Gasteiger partial charge in [0, 0.05) is 19.2 Å². The highest BCUT2D eigenvalue weighted by Gasteiger charge is 2.08. The zero-order chi connectivity index (χ0) is 11.3. The number of carbonyl (C=O) groups excluding carboxylic acids is 1. The second-order valence-corrected chi connectivity index (χ2v) is 3.54. The maximum absolute atomic E-state index is 11.6. The van der Waals surface area contributed by atoms with Crippen LogP contribution >= 0.6 is 0 Å². The molecule has 82 valence electrons. The number of aliphatic hydroxyl groups is 1. The number of nitrogens with zero attached hydrogens (tertiary/aromatic N) is 1. The van der Waals surface area contributed by atoms with Crippen LogP contribution in [0.15, 0.2) is 30.3 Å². The fraction of sp³-hybridized carbons (Fsp3) is 0.364. The van der Waals surface area contributed by atoms with Crippen LogP contribution < -0.4 is 5.43 Å². The molecule has 0 aromatic heterocycles. The van der Waals surface area contributed by atoms with Gasteiger partial charge in [0.25, 0.3) is 5.91 Å². The number of hydrogen-bond acceptors (Lipinski definition) is 3. The highest BCUT2D eigenvalue weighted by atomic mass is 16.3. The van der Waals surface area contributed by atoms with Crippen molar-refractivity contribution in [2.75, 3.05) is 13.6 Å². The van der Waals surface area contributed by atoms with Gasteiger partial charge in [0.1, 0.15) is 0 Å². The molecule has 0 aliphatic heterocycles. The van der Waals surface area contributed by atoms with Gasteiger partial charge in [-0.05, 0) is 19.1 Å². The minimum atomic E-state index is -0.467. The van der Waals surface area contributed by atoms with Crippen LogP contribution in [0.3, 0.4) is 0 Å². The van der Waals surface area contributed by atoms with Crippen molar-refractivity contribution in [2.45, 2.75) is 13.0 Å². The average Bonchev–Trinajstić information content (AvgIpc) is 2.17. The van der Waals surface area contributed by atoms with Crippen molar-refractivity contribution in [3.8, 4) is 0 Å². The van der Waals surface area contributed by atoms with Gasteiger partial charge in [-0.3, -0.25) is 10.2 Å². The largest absolute Gasteiger partial charge is 0.392 e. The van der Waals surface area contributed by atoms with Crippen molar-refractivity contribution < 1.29 is 9.90 Å². The van der Waals surface area contributed by atoms with Gasteiger partial charge in [-0.1, -0.05) is 18.2 Å². The molecule has 4 heteroatoms. The molecular weight excluding hydrogens is 192 g/mol. The fourth-order valence-corrected chi connectivity index (χ4v) is 1.27. The first-order valence-electron chi connectivity index (χ1n) is 4.85. The van der Waals surface area contributed by atoms with Gasteiger partial charge < -0.3 is 5.11 Å². The van der Waals surface area contributed by atoms with Crippen LogP contribution in [0, 0.1) is 0 Å². The molecule has 0 saturated carbocycles. The van der Waals surface area contributed by atoms with Crippen LogP contribution in [0.1, 0.15) is 17.3 Å². The molecule has 1 aromatic rings. The summed E-state index contributed by atoms with van der Waals surface area (Å²) in [6.45, 7) is 2.07. The molecule has 0 aliphatic carbocycles. The van der Waals surface area contributed by atoms with Crippen molar-refractivity contribution >= 4 is 5.91 Å². The van der Waals surface area contributed by atoms with E-state index in [4.69, 9.17) is 5.11 Å². The van der Waals surface area contributed by atoms with E-state index in [0.717, 1.165) is 0 Å². The van der Waals surface area contributed by atoms with Gasteiger partial charge in [0.05, 0.1) is 6.10 Å². The smallest absolute Gasteiger partial charge is 0.265 e. The van der Waals surface area contributed by atoms with Crippen molar-refractivity contribution in [3.05, 3.63) is 35.9 Å². The molecule has 1 rings (SSSR count). The quantitative estimate of drug-likeness (QED) is 0.714. The zero-order valence-electron chi connectivity index (χ0n) is 8.97. The summed E-state index contributed by atoms with van der Waals surface area (Å²) in [5.74, 6) is -0.168. The maximum atomic E-state index is 11.6. The summed E-state index contributed by atoms with van der Waals surface area (Å²) in [6.07, 6.45) is -0.467. The molecule has 0 heterocycles. The normalized spacial score (nSPS) is 12.5. The maximum Gasteiger partial charge on any atom is 0.265 e. The number of nitrogens with one attached hydrogen (secondary N) is 1. The Labute approximate surface area is 89.5 Å². The molecule has 0 fully saturated rings. The summed E-state index contributed by atoms with van der Waals surface area (Å²) in [7, 11) is 1.72. The molecule has 0 radical (unpaired) electrons. The number of amides is 1. The number of benzene rings is 1. The average molecular weight is 208 g/mol. The Morgan fingerprint density at radius 3 is 2.60 bits per heavy atom. The minimum absolute atomic E-state index is 0.168. The second-order valence-electron chi connectivity index (χ2n) is 3.54. The molecule has 15 heavy (non-hydrogen) atoms. The van der Waals surface area contributed by atoms with Crippen LogP contribution in [0.5, 0.6) is 0 Å².